The Hall–Kier alpha value is -1.93. The van der Waals surface area contributed by atoms with Crippen molar-refractivity contribution >= 4 is 27.5 Å². The molecular weight excluding hydrogens is 402 g/mol. The van der Waals surface area contributed by atoms with E-state index < -0.39 is 15.4 Å². The van der Waals surface area contributed by atoms with Gasteiger partial charge in [-0.2, -0.15) is 4.31 Å². The number of hydrogen-bond donors (Lipinski definition) is 0. The van der Waals surface area contributed by atoms with Crippen LogP contribution in [-0.4, -0.2) is 62.2 Å². The number of sulfonamides is 1. The lowest BCUT2D eigenvalue weighted by atomic mass is 9.86. The maximum atomic E-state index is 13.2. The SMILES string of the molecule is C[C@@H]1CCCN(S(=O)(=O)c2ccc3c(c2)C(C)(C)C(=O)N3CC(=O)N2CCCC2)C1. The van der Waals surface area contributed by atoms with E-state index in [2.05, 4.69) is 6.92 Å². The quantitative estimate of drug-likeness (QED) is 0.730. The fraction of sp³-hybridized carbons (Fsp3) is 0.636. The molecule has 7 nitrogen and oxygen atoms in total. The summed E-state index contributed by atoms with van der Waals surface area (Å²) in [5.41, 5.74) is 0.442. The van der Waals surface area contributed by atoms with E-state index in [0.717, 1.165) is 38.8 Å². The maximum Gasteiger partial charge on any atom is 0.243 e. The van der Waals surface area contributed by atoms with Crippen LogP contribution >= 0.6 is 0 Å². The van der Waals surface area contributed by atoms with Crippen LogP contribution < -0.4 is 4.90 Å². The van der Waals surface area contributed by atoms with E-state index in [1.807, 2.05) is 0 Å². The van der Waals surface area contributed by atoms with Gasteiger partial charge in [-0.3, -0.25) is 9.59 Å². The predicted octanol–water partition coefficient (Wildman–Crippen LogP) is 2.35. The molecule has 0 bridgehead atoms. The summed E-state index contributed by atoms with van der Waals surface area (Å²) >= 11 is 0. The molecule has 0 spiro atoms. The number of hydrogen-bond acceptors (Lipinski definition) is 4. The number of anilines is 1. The van der Waals surface area contributed by atoms with Gasteiger partial charge in [0, 0.05) is 31.9 Å². The molecular formula is C22H31N3O4S. The highest BCUT2D eigenvalue weighted by molar-refractivity contribution is 7.89. The minimum atomic E-state index is -3.61. The zero-order chi connectivity index (χ0) is 21.7. The van der Waals surface area contributed by atoms with Crippen LogP contribution in [0.3, 0.4) is 0 Å². The average molecular weight is 434 g/mol. The number of likely N-dealkylation sites (tertiary alicyclic amines) is 1. The van der Waals surface area contributed by atoms with Crippen LogP contribution in [0.25, 0.3) is 0 Å². The Bertz CT molecular complexity index is 967. The van der Waals surface area contributed by atoms with Crippen molar-refractivity contribution in [3.63, 3.8) is 0 Å². The second kappa shape index (κ2) is 7.64. The Balaban J connectivity index is 1.64. The van der Waals surface area contributed by atoms with E-state index in [0.29, 0.717) is 30.3 Å². The van der Waals surface area contributed by atoms with Gasteiger partial charge in [0.15, 0.2) is 0 Å². The highest BCUT2D eigenvalue weighted by Gasteiger charge is 2.45. The van der Waals surface area contributed by atoms with Crippen LogP contribution in [0.5, 0.6) is 0 Å². The zero-order valence-electron chi connectivity index (χ0n) is 18.1. The molecule has 3 aliphatic heterocycles. The Morgan fingerprint density at radius 3 is 2.50 bits per heavy atom. The van der Waals surface area contributed by atoms with Gasteiger partial charge < -0.3 is 9.80 Å². The fourth-order valence-electron chi connectivity index (χ4n) is 4.85. The number of carbonyl (C=O) groups is 2. The molecule has 2 fully saturated rings. The topological polar surface area (TPSA) is 78.0 Å². The molecule has 1 atom stereocenters. The molecule has 0 radical (unpaired) electrons. The molecule has 2 saturated heterocycles. The highest BCUT2D eigenvalue weighted by atomic mass is 32.2. The second-order valence-electron chi connectivity index (χ2n) is 9.39. The molecule has 1 aromatic rings. The predicted molar refractivity (Wildman–Crippen MR) is 115 cm³/mol. The number of piperidine rings is 1. The molecule has 1 aromatic carbocycles. The largest absolute Gasteiger partial charge is 0.341 e. The number of nitrogens with zero attached hydrogens (tertiary/aromatic N) is 3. The number of benzene rings is 1. The van der Waals surface area contributed by atoms with E-state index in [1.54, 1.807) is 41.3 Å². The lowest BCUT2D eigenvalue weighted by Crippen LogP contribution is -2.43. The van der Waals surface area contributed by atoms with Crippen molar-refractivity contribution in [3.8, 4) is 0 Å². The third-order valence-electron chi connectivity index (χ3n) is 6.72. The number of fused-ring (bicyclic) bond motifs is 1. The minimum absolute atomic E-state index is 0.00496. The summed E-state index contributed by atoms with van der Waals surface area (Å²) in [5, 5.41) is 0. The molecule has 4 rings (SSSR count). The Morgan fingerprint density at radius 2 is 1.83 bits per heavy atom. The van der Waals surface area contributed by atoms with Crippen LogP contribution in [-0.2, 0) is 25.0 Å². The van der Waals surface area contributed by atoms with Gasteiger partial charge in [-0.25, -0.2) is 8.42 Å². The van der Waals surface area contributed by atoms with Gasteiger partial charge in [0.1, 0.15) is 6.54 Å². The summed E-state index contributed by atoms with van der Waals surface area (Å²) in [4.78, 5) is 29.3. The lowest BCUT2D eigenvalue weighted by molar-refractivity contribution is -0.131. The normalized spacial score (nSPS) is 24.4. The first-order valence-corrected chi connectivity index (χ1v) is 12.3. The lowest BCUT2D eigenvalue weighted by Gasteiger charge is -2.30. The molecule has 0 aromatic heterocycles. The standard InChI is InChI=1S/C22H31N3O4S/c1-16-7-6-12-24(14-16)30(28,29)17-8-9-19-18(13-17)22(2,3)21(27)25(19)15-20(26)23-10-4-5-11-23/h8-9,13,16H,4-7,10-12,14-15H2,1-3H3/t16-/m1/s1. The van der Waals surface area contributed by atoms with Crippen molar-refractivity contribution in [2.24, 2.45) is 5.92 Å². The van der Waals surface area contributed by atoms with E-state index in [1.165, 1.54) is 4.90 Å². The van der Waals surface area contributed by atoms with Gasteiger partial charge in [-0.05, 0) is 69.2 Å². The molecule has 164 valence electrons. The molecule has 8 heteroatoms. The zero-order valence-corrected chi connectivity index (χ0v) is 18.9. The maximum absolute atomic E-state index is 13.2. The van der Waals surface area contributed by atoms with Crippen molar-refractivity contribution in [3.05, 3.63) is 23.8 Å². The van der Waals surface area contributed by atoms with Gasteiger partial charge in [0.2, 0.25) is 21.8 Å². The summed E-state index contributed by atoms with van der Waals surface area (Å²) in [7, 11) is -3.61. The summed E-state index contributed by atoms with van der Waals surface area (Å²) < 4.78 is 28.0. The van der Waals surface area contributed by atoms with Gasteiger partial charge >= 0.3 is 0 Å². The van der Waals surface area contributed by atoms with E-state index in [-0.39, 0.29) is 23.3 Å². The highest BCUT2D eigenvalue weighted by Crippen LogP contribution is 2.43. The average Bonchev–Trinajstić information content (AvgIpc) is 3.31. The first-order valence-electron chi connectivity index (χ1n) is 10.9. The number of rotatable bonds is 4. The van der Waals surface area contributed by atoms with Crippen molar-refractivity contribution in [2.75, 3.05) is 37.6 Å². The number of amides is 2. The first-order chi connectivity index (χ1) is 14.1. The Kier molecular flexibility index (Phi) is 5.43. The van der Waals surface area contributed by atoms with Crippen LogP contribution in [0.1, 0.15) is 52.0 Å². The van der Waals surface area contributed by atoms with E-state index in [9.17, 15) is 18.0 Å². The van der Waals surface area contributed by atoms with Gasteiger partial charge in [-0.15, -0.1) is 0 Å². The van der Waals surface area contributed by atoms with Gasteiger partial charge in [0.25, 0.3) is 0 Å². The Morgan fingerprint density at radius 1 is 1.13 bits per heavy atom. The van der Waals surface area contributed by atoms with Crippen LogP contribution in [0.15, 0.2) is 23.1 Å². The smallest absolute Gasteiger partial charge is 0.243 e. The summed E-state index contributed by atoms with van der Waals surface area (Å²) in [5.74, 6) is 0.128. The molecule has 3 aliphatic rings. The van der Waals surface area contributed by atoms with Crippen LogP contribution in [0, 0.1) is 5.92 Å². The fourth-order valence-corrected chi connectivity index (χ4v) is 6.47. The van der Waals surface area contributed by atoms with Crippen LogP contribution in [0.4, 0.5) is 5.69 Å². The molecule has 3 heterocycles. The van der Waals surface area contributed by atoms with E-state index >= 15 is 0 Å². The van der Waals surface area contributed by atoms with Crippen molar-refractivity contribution in [1.82, 2.24) is 9.21 Å². The molecule has 0 saturated carbocycles. The van der Waals surface area contributed by atoms with Gasteiger partial charge in [0.05, 0.1) is 10.3 Å². The first kappa shape index (κ1) is 21.3. The molecule has 0 aliphatic carbocycles. The molecule has 0 unspecified atom stereocenters. The summed E-state index contributed by atoms with van der Waals surface area (Å²) in [6.07, 6.45) is 3.90. The van der Waals surface area contributed by atoms with E-state index in [4.69, 9.17) is 0 Å². The van der Waals surface area contributed by atoms with Crippen molar-refractivity contribution < 1.29 is 18.0 Å². The minimum Gasteiger partial charge on any atom is -0.341 e. The van der Waals surface area contributed by atoms with Crippen molar-refractivity contribution in [1.29, 1.82) is 0 Å². The Labute approximate surface area is 179 Å². The van der Waals surface area contributed by atoms with Crippen LogP contribution in [0.2, 0.25) is 0 Å². The summed E-state index contributed by atoms with van der Waals surface area (Å²) in [6.45, 7) is 8.21. The third-order valence-corrected chi connectivity index (χ3v) is 8.58. The third kappa shape index (κ3) is 3.54. The van der Waals surface area contributed by atoms with Gasteiger partial charge in [-0.1, -0.05) is 6.92 Å². The molecule has 2 amide bonds. The monoisotopic (exact) mass is 433 g/mol. The molecule has 30 heavy (non-hydrogen) atoms. The summed E-state index contributed by atoms with van der Waals surface area (Å²) in [6, 6.07) is 4.91. The number of carbonyl (C=O) groups excluding carboxylic acids is 2. The van der Waals surface area contributed by atoms with Crippen molar-refractivity contribution in [2.45, 2.75) is 56.8 Å². The second-order valence-corrected chi connectivity index (χ2v) is 11.3. The molecule has 0 N–H and O–H groups in total.